The molecule has 31 heavy (non-hydrogen) atoms. The maximum atomic E-state index is 13.6. The van der Waals surface area contributed by atoms with Crippen molar-refractivity contribution in [3.05, 3.63) is 23.8 Å². The first-order valence-corrected chi connectivity index (χ1v) is 15.9. The molecule has 8 heteroatoms. The van der Waals surface area contributed by atoms with E-state index in [0.29, 0.717) is 12.3 Å². The lowest BCUT2D eigenvalue weighted by Gasteiger charge is -2.32. The molecule has 0 saturated carbocycles. The monoisotopic (exact) mass is 464 g/mol. The van der Waals surface area contributed by atoms with Gasteiger partial charge in [0.05, 0.1) is 11.1 Å². The number of rotatable bonds is 6. The minimum atomic E-state index is -1.20. The van der Waals surface area contributed by atoms with E-state index in [1.54, 1.807) is 4.90 Å². The lowest BCUT2D eigenvalue weighted by molar-refractivity contribution is -0.124. The van der Waals surface area contributed by atoms with Crippen molar-refractivity contribution >= 4 is 43.2 Å². The predicted octanol–water partition coefficient (Wildman–Crippen LogP) is 5.46. The van der Waals surface area contributed by atoms with Crippen LogP contribution in [0.3, 0.4) is 0 Å². The van der Waals surface area contributed by atoms with Gasteiger partial charge in [-0.1, -0.05) is 25.7 Å². The Morgan fingerprint density at radius 1 is 1.23 bits per heavy atom. The summed E-state index contributed by atoms with van der Waals surface area (Å²) in [7, 11) is -1.20. The predicted molar refractivity (Wildman–Crippen MR) is 131 cm³/mol. The van der Waals surface area contributed by atoms with E-state index in [0.717, 1.165) is 41.6 Å². The zero-order valence-electron chi connectivity index (χ0n) is 19.7. The molecule has 2 aliphatic rings. The van der Waals surface area contributed by atoms with Crippen LogP contribution in [0.1, 0.15) is 39.2 Å². The van der Waals surface area contributed by atoms with Gasteiger partial charge in [-0.3, -0.25) is 15.0 Å². The fourth-order valence-electron chi connectivity index (χ4n) is 4.01. The van der Waals surface area contributed by atoms with E-state index in [1.807, 2.05) is 50.7 Å². The Morgan fingerprint density at radius 2 is 1.90 bits per heavy atom. The molecule has 3 rings (SSSR count). The summed E-state index contributed by atoms with van der Waals surface area (Å²) < 4.78 is 11.3. The third-order valence-electron chi connectivity index (χ3n) is 5.67. The maximum absolute atomic E-state index is 13.6. The molecule has 0 aromatic heterocycles. The number of ether oxygens (including phenoxy) is 2. The Hall–Kier alpha value is -1.51. The molecule has 1 saturated heterocycles. The minimum Gasteiger partial charge on any atom is -0.444 e. The van der Waals surface area contributed by atoms with Crippen molar-refractivity contribution in [2.75, 3.05) is 35.1 Å². The van der Waals surface area contributed by atoms with Crippen LogP contribution >= 0.6 is 11.8 Å². The highest BCUT2D eigenvalue weighted by atomic mass is 32.2. The summed E-state index contributed by atoms with van der Waals surface area (Å²) in [6.45, 7) is 13.4. The smallest absolute Gasteiger partial charge is 0.412 e. The Kier molecular flexibility index (Phi) is 7.13. The number of hydrogen-bond acceptors (Lipinski definition) is 5. The van der Waals surface area contributed by atoms with Crippen LogP contribution in [0.15, 0.2) is 18.2 Å². The number of carbonyl (C=O) groups excluding carboxylic acids is 2. The number of thioether (sulfide) groups is 1. The number of nitrogens with zero attached hydrogens (tertiary/aromatic N) is 1. The van der Waals surface area contributed by atoms with Crippen molar-refractivity contribution in [2.24, 2.45) is 0 Å². The van der Waals surface area contributed by atoms with Crippen LogP contribution in [0.4, 0.5) is 16.2 Å². The van der Waals surface area contributed by atoms with Gasteiger partial charge < -0.3 is 9.47 Å². The van der Waals surface area contributed by atoms with Crippen molar-refractivity contribution in [2.45, 2.75) is 70.3 Å². The van der Waals surface area contributed by atoms with Crippen LogP contribution in [0, 0.1) is 0 Å². The molecule has 0 aliphatic carbocycles. The van der Waals surface area contributed by atoms with Gasteiger partial charge in [-0.25, -0.2) is 4.79 Å². The van der Waals surface area contributed by atoms with Crippen LogP contribution in [0.25, 0.3) is 0 Å². The SMILES string of the molecule is CC(C)(C)OC(=O)Nc1ccc2c(c1)N(COCC[Si](C)(C)C)C(=O)C21CCSCC1. The highest BCUT2D eigenvalue weighted by Gasteiger charge is 2.51. The van der Waals surface area contributed by atoms with Gasteiger partial charge in [-0.2, -0.15) is 11.8 Å². The Bertz CT molecular complexity index is 826. The molecule has 0 radical (unpaired) electrons. The van der Waals surface area contributed by atoms with Crippen LogP contribution in [0.5, 0.6) is 0 Å². The number of fused-ring (bicyclic) bond motifs is 2. The topological polar surface area (TPSA) is 67.9 Å². The van der Waals surface area contributed by atoms with Crippen LogP contribution < -0.4 is 10.2 Å². The molecule has 0 bridgehead atoms. The Morgan fingerprint density at radius 3 is 2.52 bits per heavy atom. The zero-order valence-corrected chi connectivity index (χ0v) is 21.5. The van der Waals surface area contributed by atoms with E-state index in [4.69, 9.17) is 9.47 Å². The first kappa shape index (κ1) is 24.1. The van der Waals surface area contributed by atoms with E-state index in [2.05, 4.69) is 25.0 Å². The third-order valence-corrected chi connectivity index (χ3v) is 8.36. The van der Waals surface area contributed by atoms with Crippen molar-refractivity contribution in [1.29, 1.82) is 0 Å². The van der Waals surface area contributed by atoms with Gasteiger partial charge in [-0.05, 0) is 68.9 Å². The molecular formula is C23H36N2O4SSi. The van der Waals surface area contributed by atoms with E-state index in [-0.39, 0.29) is 12.6 Å². The molecule has 2 amide bonds. The molecule has 2 aliphatic heterocycles. The van der Waals surface area contributed by atoms with Gasteiger partial charge >= 0.3 is 6.09 Å². The van der Waals surface area contributed by atoms with Crippen LogP contribution in [-0.4, -0.2) is 50.5 Å². The van der Waals surface area contributed by atoms with Gasteiger partial charge in [0.1, 0.15) is 12.3 Å². The van der Waals surface area contributed by atoms with Crippen molar-refractivity contribution < 1.29 is 19.1 Å². The second kappa shape index (κ2) is 9.15. The molecule has 1 N–H and O–H groups in total. The summed E-state index contributed by atoms with van der Waals surface area (Å²) in [6, 6.07) is 6.81. The van der Waals surface area contributed by atoms with Gasteiger partial charge in [0.2, 0.25) is 5.91 Å². The molecule has 1 aromatic rings. The maximum Gasteiger partial charge on any atom is 0.412 e. The molecule has 1 aromatic carbocycles. The normalized spacial score (nSPS) is 18.3. The standard InChI is InChI=1S/C23H36N2O4SSi/c1-22(2,3)29-21(27)24-17-7-8-18-19(15-17)25(16-28-11-14-31(4,5)6)20(26)23(18)9-12-30-13-10-23/h7-8,15H,9-14,16H2,1-6H3,(H,24,27). The van der Waals surface area contributed by atoms with Gasteiger partial charge in [0.25, 0.3) is 0 Å². The first-order valence-electron chi connectivity index (χ1n) is 11.0. The average Bonchev–Trinajstić information content (AvgIpc) is 2.85. The largest absolute Gasteiger partial charge is 0.444 e. The highest BCUT2D eigenvalue weighted by molar-refractivity contribution is 7.99. The highest BCUT2D eigenvalue weighted by Crippen LogP contribution is 2.50. The van der Waals surface area contributed by atoms with Gasteiger partial charge in [0.15, 0.2) is 0 Å². The summed E-state index contributed by atoms with van der Waals surface area (Å²) in [6.07, 6.45) is 1.18. The van der Waals surface area contributed by atoms with Crippen LogP contribution in [0.2, 0.25) is 25.7 Å². The van der Waals surface area contributed by atoms with Crippen molar-refractivity contribution in [3.63, 3.8) is 0 Å². The third kappa shape index (κ3) is 5.84. The molecular weight excluding hydrogens is 428 g/mol. The van der Waals surface area contributed by atoms with E-state index < -0.39 is 25.2 Å². The van der Waals surface area contributed by atoms with E-state index in [1.165, 1.54) is 0 Å². The van der Waals surface area contributed by atoms with Gasteiger partial charge in [0, 0.05) is 20.4 Å². The van der Waals surface area contributed by atoms with E-state index in [9.17, 15) is 9.59 Å². The summed E-state index contributed by atoms with van der Waals surface area (Å²) >= 11 is 1.90. The molecule has 172 valence electrons. The number of anilines is 2. The average molecular weight is 465 g/mol. The quantitative estimate of drug-likeness (QED) is 0.447. The zero-order chi connectivity index (χ0) is 22.9. The fraction of sp³-hybridized carbons (Fsp3) is 0.652. The number of amides is 2. The second-order valence-corrected chi connectivity index (χ2v) is 17.5. The van der Waals surface area contributed by atoms with Crippen molar-refractivity contribution in [1.82, 2.24) is 0 Å². The minimum absolute atomic E-state index is 0.130. The van der Waals surface area contributed by atoms with Crippen molar-refractivity contribution in [3.8, 4) is 0 Å². The fourth-order valence-corrected chi connectivity index (χ4v) is 5.95. The summed E-state index contributed by atoms with van der Waals surface area (Å²) in [5, 5.41) is 2.80. The summed E-state index contributed by atoms with van der Waals surface area (Å²) in [4.78, 5) is 27.6. The molecule has 0 unspecified atom stereocenters. The molecule has 0 atom stereocenters. The Balaban J connectivity index is 1.82. The van der Waals surface area contributed by atoms with E-state index >= 15 is 0 Å². The Labute approximate surface area is 191 Å². The summed E-state index contributed by atoms with van der Waals surface area (Å²) in [5.74, 6) is 2.09. The number of benzene rings is 1. The number of nitrogens with one attached hydrogen (secondary N) is 1. The second-order valence-electron chi connectivity index (χ2n) is 10.6. The first-order chi connectivity index (χ1) is 14.4. The summed E-state index contributed by atoms with van der Waals surface area (Å²) in [5.41, 5.74) is 1.49. The lowest BCUT2D eigenvalue weighted by Crippen LogP contribution is -2.43. The molecule has 1 spiro atoms. The molecule has 6 nitrogen and oxygen atoms in total. The molecule has 1 fully saturated rings. The number of carbonyl (C=O) groups is 2. The molecule has 2 heterocycles. The number of hydrogen-bond donors (Lipinski definition) is 1. The lowest BCUT2D eigenvalue weighted by atomic mass is 9.76. The van der Waals surface area contributed by atoms with Gasteiger partial charge in [-0.15, -0.1) is 0 Å². The van der Waals surface area contributed by atoms with Crippen LogP contribution in [-0.2, 0) is 19.7 Å².